The molecule has 0 amide bonds. The highest BCUT2D eigenvalue weighted by Crippen LogP contribution is 2.01. The van der Waals surface area contributed by atoms with E-state index in [-0.39, 0.29) is 9.52 Å². The summed E-state index contributed by atoms with van der Waals surface area (Å²) >= 11 is 0. The largest absolute Gasteiger partial charge is 0.329 e. The van der Waals surface area contributed by atoms with Crippen LogP contribution >= 0.6 is 0 Å². The fourth-order valence-corrected chi connectivity index (χ4v) is 2.86. The van der Waals surface area contributed by atoms with Crippen molar-refractivity contribution in [2.75, 3.05) is 19.3 Å². The van der Waals surface area contributed by atoms with Crippen LogP contribution in [-0.2, 0) is 6.42 Å². The Hall–Kier alpha value is -0.643. The first-order valence-corrected chi connectivity index (χ1v) is 7.38. The molecule has 1 aromatic rings. The van der Waals surface area contributed by atoms with Crippen molar-refractivity contribution in [3.63, 3.8) is 0 Å². The molecule has 0 aliphatic carbocycles. The van der Waals surface area contributed by atoms with E-state index in [1.807, 2.05) is 0 Å². The van der Waals surface area contributed by atoms with E-state index in [9.17, 15) is 0 Å². The zero-order valence-electron chi connectivity index (χ0n) is 8.71. The summed E-state index contributed by atoms with van der Waals surface area (Å²) in [7, 11) is 0.0805. The molecule has 0 spiro atoms. The minimum Gasteiger partial charge on any atom is -0.329 e. The number of rotatable bonds is 7. The number of nitrogens with one attached hydrogen (secondary N) is 1. The minimum atomic E-state index is 0.0805. The second-order valence-electron chi connectivity index (χ2n) is 3.48. The first-order valence-electron chi connectivity index (χ1n) is 5.38. The predicted octanol–water partition coefficient (Wildman–Crippen LogP) is 0.322. The molecule has 2 nitrogen and oxygen atoms in total. The van der Waals surface area contributed by atoms with E-state index in [4.69, 9.17) is 5.73 Å². The summed E-state index contributed by atoms with van der Waals surface area (Å²) in [4.78, 5) is 0. The third kappa shape index (κ3) is 5.17. The van der Waals surface area contributed by atoms with Crippen LogP contribution in [0.5, 0.6) is 0 Å². The van der Waals surface area contributed by atoms with Gasteiger partial charge >= 0.3 is 0 Å². The molecule has 3 heteroatoms. The standard InChI is InChI=1S/C11H20N2Si/c12-7-8-13-10-14-9-6-11-4-2-1-3-5-11/h1-5,13H,6-10,12,14H2. The van der Waals surface area contributed by atoms with E-state index in [1.54, 1.807) is 0 Å². The van der Waals surface area contributed by atoms with E-state index < -0.39 is 0 Å². The third-order valence-electron chi connectivity index (χ3n) is 2.23. The van der Waals surface area contributed by atoms with Gasteiger partial charge in [0.2, 0.25) is 0 Å². The fourth-order valence-electron chi connectivity index (χ4n) is 1.45. The second kappa shape index (κ2) is 7.73. The zero-order chi connectivity index (χ0) is 10.1. The van der Waals surface area contributed by atoms with Gasteiger partial charge in [0.1, 0.15) is 0 Å². The molecule has 0 aliphatic rings. The van der Waals surface area contributed by atoms with Gasteiger partial charge in [-0.3, -0.25) is 0 Å². The summed E-state index contributed by atoms with van der Waals surface area (Å²) < 4.78 is 0. The molecule has 0 heterocycles. The van der Waals surface area contributed by atoms with Crippen molar-refractivity contribution in [2.45, 2.75) is 12.5 Å². The Labute approximate surface area is 88.7 Å². The first-order chi connectivity index (χ1) is 6.93. The van der Waals surface area contributed by atoms with E-state index in [0.717, 1.165) is 13.1 Å². The van der Waals surface area contributed by atoms with E-state index in [2.05, 4.69) is 35.6 Å². The normalized spacial score (nSPS) is 11.2. The fraction of sp³-hybridized carbons (Fsp3) is 0.455. The molecule has 0 aliphatic heterocycles. The molecule has 14 heavy (non-hydrogen) atoms. The number of benzene rings is 1. The summed E-state index contributed by atoms with van der Waals surface area (Å²) in [6.45, 7) is 1.73. The molecular formula is C11H20N2Si. The van der Waals surface area contributed by atoms with Crippen LogP contribution in [0.15, 0.2) is 30.3 Å². The average Bonchev–Trinajstić information content (AvgIpc) is 2.25. The van der Waals surface area contributed by atoms with Crippen molar-refractivity contribution < 1.29 is 0 Å². The van der Waals surface area contributed by atoms with Gasteiger partial charge in [-0.15, -0.1) is 0 Å². The van der Waals surface area contributed by atoms with E-state index in [0.29, 0.717) is 0 Å². The highest BCUT2D eigenvalue weighted by Gasteiger charge is 1.92. The molecule has 1 aromatic carbocycles. The van der Waals surface area contributed by atoms with Gasteiger partial charge in [-0.1, -0.05) is 36.4 Å². The zero-order valence-corrected chi connectivity index (χ0v) is 10.1. The lowest BCUT2D eigenvalue weighted by molar-refractivity contribution is 0.774. The summed E-state index contributed by atoms with van der Waals surface area (Å²) in [6, 6.07) is 12.1. The lowest BCUT2D eigenvalue weighted by atomic mass is 10.2. The van der Waals surface area contributed by atoms with Crippen molar-refractivity contribution in [3.05, 3.63) is 35.9 Å². The van der Waals surface area contributed by atoms with Crippen molar-refractivity contribution in [3.8, 4) is 0 Å². The van der Waals surface area contributed by atoms with Crippen LogP contribution in [0.25, 0.3) is 0 Å². The first kappa shape index (κ1) is 11.4. The Morgan fingerprint density at radius 3 is 2.71 bits per heavy atom. The number of hydrogen-bond donors (Lipinski definition) is 2. The molecule has 0 bridgehead atoms. The Bertz CT molecular complexity index is 226. The van der Waals surface area contributed by atoms with Crippen LogP contribution in [0.3, 0.4) is 0 Å². The smallest absolute Gasteiger partial charge is 0.0368 e. The van der Waals surface area contributed by atoms with Gasteiger partial charge in [0.25, 0.3) is 0 Å². The lowest BCUT2D eigenvalue weighted by Crippen LogP contribution is -2.26. The Kier molecular flexibility index (Phi) is 6.31. The van der Waals surface area contributed by atoms with Crippen LogP contribution in [0.4, 0.5) is 0 Å². The Morgan fingerprint density at radius 1 is 1.21 bits per heavy atom. The molecule has 0 atom stereocenters. The molecule has 3 N–H and O–H groups in total. The van der Waals surface area contributed by atoms with Gasteiger partial charge < -0.3 is 11.1 Å². The summed E-state index contributed by atoms with van der Waals surface area (Å²) in [5, 5.41) is 3.36. The van der Waals surface area contributed by atoms with E-state index in [1.165, 1.54) is 24.2 Å². The molecule has 0 aromatic heterocycles. The highest BCUT2D eigenvalue weighted by atomic mass is 28.2. The SMILES string of the molecule is NCCNC[SiH2]CCc1ccccc1. The topological polar surface area (TPSA) is 38.0 Å². The van der Waals surface area contributed by atoms with Crippen LogP contribution < -0.4 is 11.1 Å². The molecular weight excluding hydrogens is 188 g/mol. The van der Waals surface area contributed by atoms with Crippen molar-refractivity contribution in [2.24, 2.45) is 5.73 Å². The van der Waals surface area contributed by atoms with Crippen LogP contribution in [0.2, 0.25) is 6.04 Å². The maximum Gasteiger partial charge on any atom is 0.0368 e. The summed E-state index contributed by atoms with van der Waals surface area (Å²) in [6.07, 6.45) is 2.47. The number of nitrogens with two attached hydrogens (primary N) is 1. The molecule has 0 fully saturated rings. The molecule has 0 radical (unpaired) electrons. The predicted molar refractivity (Wildman–Crippen MR) is 65.4 cm³/mol. The highest BCUT2D eigenvalue weighted by molar-refractivity contribution is 6.35. The molecule has 0 saturated carbocycles. The van der Waals surface area contributed by atoms with Crippen LogP contribution in [0, 0.1) is 0 Å². The van der Waals surface area contributed by atoms with Crippen molar-refractivity contribution >= 4 is 9.52 Å². The second-order valence-corrected chi connectivity index (χ2v) is 5.40. The van der Waals surface area contributed by atoms with Crippen molar-refractivity contribution in [1.82, 2.24) is 5.32 Å². The average molecular weight is 208 g/mol. The number of aryl methyl sites for hydroxylation is 1. The lowest BCUT2D eigenvalue weighted by Gasteiger charge is -2.02. The van der Waals surface area contributed by atoms with Crippen LogP contribution in [-0.4, -0.2) is 28.8 Å². The monoisotopic (exact) mass is 208 g/mol. The Balaban J connectivity index is 1.99. The quantitative estimate of drug-likeness (QED) is 0.500. The summed E-state index contributed by atoms with van der Waals surface area (Å²) in [5.74, 6) is 0. The summed E-state index contributed by atoms with van der Waals surface area (Å²) in [5.41, 5.74) is 6.86. The Morgan fingerprint density at radius 2 is 2.00 bits per heavy atom. The number of hydrogen-bond acceptors (Lipinski definition) is 2. The van der Waals surface area contributed by atoms with Gasteiger partial charge in [0, 0.05) is 22.6 Å². The van der Waals surface area contributed by atoms with Gasteiger partial charge in [0.05, 0.1) is 0 Å². The molecule has 0 saturated heterocycles. The maximum atomic E-state index is 5.39. The van der Waals surface area contributed by atoms with Gasteiger partial charge in [-0.2, -0.15) is 0 Å². The van der Waals surface area contributed by atoms with Gasteiger partial charge in [0.15, 0.2) is 0 Å². The third-order valence-corrected chi connectivity index (χ3v) is 3.79. The van der Waals surface area contributed by atoms with Gasteiger partial charge in [-0.25, -0.2) is 0 Å². The molecule has 1 rings (SSSR count). The van der Waals surface area contributed by atoms with E-state index >= 15 is 0 Å². The maximum absolute atomic E-state index is 5.39. The van der Waals surface area contributed by atoms with Gasteiger partial charge in [-0.05, 0) is 18.2 Å². The molecule has 0 unspecified atom stereocenters. The van der Waals surface area contributed by atoms with Crippen molar-refractivity contribution in [1.29, 1.82) is 0 Å². The minimum absolute atomic E-state index is 0.0805. The van der Waals surface area contributed by atoms with Crippen LogP contribution in [0.1, 0.15) is 5.56 Å². The molecule has 78 valence electrons.